The molecule has 0 spiro atoms. The largest absolute Gasteiger partial charge is 0.355 e. The van der Waals surface area contributed by atoms with Gasteiger partial charge in [-0.25, -0.2) is 0 Å². The zero-order chi connectivity index (χ0) is 15.3. The van der Waals surface area contributed by atoms with Crippen molar-refractivity contribution in [1.82, 2.24) is 5.32 Å². The summed E-state index contributed by atoms with van der Waals surface area (Å²) in [7, 11) is 0. The maximum Gasteiger partial charge on any atom is 0.226 e. The van der Waals surface area contributed by atoms with Crippen LogP contribution in [-0.2, 0) is 11.2 Å². The zero-order valence-corrected chi connectivity index (χ0v) is 13.9. The van der Waals surface area contributed by atoms with Crippen LogP contribution in [0.1, 0.15) is 51.5 Å². The zero-order valence-electron chi connectivity index (χ0n) is 13.1. The molecule has 3 heteroatoms. The molecule has 1 aliphatic rings. The lowest BCUT2D eigenvalue weighted by atomic mass is 9.68. The Balaban J connectivity index is 1.84. The summed E-state index contributed by atoms with van der Waals surface area (Å²) in [5.74, 6) is 1.03. The third kappa shape index (κ3) is 4.23. The number of hydrogen-bond acceptors (Lipinski definition) is 1. The van der Waals surface area contributed by atoms with Crippen LogP contribution >= 0.6 is 11.6 Å². The molecule has 1 aliphatic carbocycles. The maximum absolute atomic E-state index is 12.6. The van der Waals surface area contributed by atoms with Gasteiger partial charge in [0.2, 0.25) is 5.91 Å². The first-order chi connectivity index (χ1) is 10.1. The molecule has 1 N–H and O–H groups in total. The number of amides is 1. The molecule has 2 nitrogen and oxygen atoms in total. The highest BCUT2D eigenvalue weighted by molar-refractivity contribution is 6.30. The summed E-state index contributed by atoms with van der Waals surface area (Å²) >= 11 is 5.88. The Labute approximate surface area is 133 Å². The Morgan fingerprint density at radius 3 is 2.48 bits per heavy atom. The minimum absolute atomic E-state index is 0.119. The number of benzene rings is 1. The van der Waals surface area contributed by atoms with Gasteiger partial charge in [0.15, 0.2) is 0 Å². The Morgan fingerprint density at radius 1 is 1.29 bits per heavy atom. The van der Waals surface area contributed by atoms with Gasteiger partial charge in [0.1, 0.15) is 0 Å². The van der Waals surface area contributed by atoms with E-state index in [1.165, 1.54) is 18.4 Å². The Bertz CT molecular complexity index is 461. The van der Waals surface area contributed by atoms with Crippen molar-refractivity contribution in [2.75, 3.05) is 6.54 Å². The fourth-order valence-corrected chi connectivity index (χ4v) is 3.34. The minimum Gasteiger partial charge on any atom is -0.355 e. The monoisotopic (exact) mass is 307 g/mol. The van der Waals surface area contributed by atoms with Crippen LogP contribution in [0.3, 0.4) is 0 Å². The van der Waals surface area contributed by atoms with Gasteiger partial charge in [-0.1, -0.05) is 37.6 Å². The summed E-state index contributed by atoms with van der Waals surface area (Å²) in [5.41, 5.74) is 1.09. The Hall–Kier alpha value is -1.02. The van der Waals surface area contributed by atoms with Gasteiger partial charge < -0.3 is 5.32 Å². The highest BCUT2D eigenvalue weighted by Crippen LogP contribution is 2.41. The topological polar surface area (TPSA) is 29.1 Å². The van der Waals surface area contributed by atoms with Gasteiger partial charge in [0.25, 0.3) is 0 Å². The Morgan fingerprint density at radius 2 is 1.90 bits per heavy atom. The van der Waals surface area contributed by atoms with Crippen molar-refractivity contribution < 1.29 is 4.79 Å². The molecule has 0 atom stereocenters. The van der Waals surface area contributed by atoms with E-state index in [2.05, 4.69) is 19.2 Å². The van der Waals surface area contributed by atoms with Crippen LogP contribution in [0.4, 0.5) is 0 Å². The van der Waals surface area contributed by atoms with Crippen LogP contribution in [0.2, 0.25) is 5.02 Å². The smallest absolute Gasteiger partial charge is 0.226 e. The molecule has 0 bridgehead atoms. The fourth-order valence-electron chi connectivity index (χ4n) is 3.21. The predicted molar refractivity (Wildman–Crippen MR) is 88.5 cm³/mol. The molecule has 0 saturated heterocycles. The van der Waals surface area contributed by atoms with Gasteiger partial charge in [-0.15, -0.1) is 0 Å². The third-order valence-corrected chi connectivity index (χ3v) is 5.25. The van der Waals surface area contributed by atoms with Crippen molar-refractivity contribution >= 4 is 17.5 Å². The number of rotatable bonds is 5. The number of nitrogens with one attached hydrogen (secondary N) is 1. The van der Waals surface area contributed by atoms with Crippen molar-refractivity contribution in [2.24, 2.45) is 11.3 Å². The lowest BCUT2D eigenvalue weighted by Gasteiger charge is -2.37. The second-order valence-electron chi connectivity index (χ2n) is 6.45. The molecule has 2 rings (SSSR count). The van der Waals surface area contributed by atoms with Crippen LogP contribution in [0, 0.1) is 11.3 Å². The van der Waals surface area contributed by atoms with E-state index in [0.29, 0.717) is 6.54 Å². The Kier molecular flexibility index (Phi) is 5.69. The average molecular weight is 308 g/mol. The van der Waals surface area contributed by atoms with Crippen molar-refractivity contribution in [2.45, 2.75) is 52.4 Å². The fraction of sp³-hybridized carbons (Fsp3) is 0.611. The van der Waals surface area contributed by atoms with Gasteiger partial charge in [-0.05, 0) is 62.1 Å². The summed E-state index contributed by atoms with van der Waals surface area (Å²) in [6, 6.07) is 7.84. The predicted octanol–water partition coefficient (Wildman–Crippen LogP) is 4.61. The van der Waals surface area contributed by atoms with Crippen molar-refractivity contribution in [3.05, 3.63) is 34.9 Å². The highest BCUT2D eigenvalue weighted by Gasteiger charge is 2.38. The van der Waals surface area contributed by atoms with Gasteiger partial charge >= 0.3 is 0 Å². The number of halogens is 1. The van der Waals surface area contributed by atoms with E-state index in [4.69, 9.17) is 11.6 Å². The van der Waals surface area contributed by atoms with E-state index < -0.39 is 0 Å². The number of hydrogen-bond donors (Lipinski definition) is 1. The summed E-state index contributed by atoms with van der Waals surface area (Å²) in [5, 5.41) is 3.90. The van der Waals surface area contributed by atoms with Crippen LogP contribution in [0.25, 0.3) is 0 Å². The van der Waals surface area contributed by atoms with Crippen LogP contribution < -0.4 is 5.32 Å². The molecule has 1 fully saturated rings. The highest BCUT2D eigenvalue weighted by atomic mass is 35.5. The first kappa shape index (κ1) is 16.4. The molecule has 0 aromatic heterocycles. The molecule has 116 valence electrons. The van der Waals surface area contributed by atoms with E-state index in [1.807, 2.05) is 24.3 Å². The van der Waals surface area contributed by atoms with Crippen LogP contribution in [0.15, 0.2) is 24.3 Å². The standard InChI is InChI=1S/C18H26ClNO/c1-3-18(11-8-14(2)9-12-18)17(21)20-13-10-15-4-6-16(19)7-5-15/h4-7,14H,3,8-13H2,1-2H3,(H,20,21). The molecule has 1 amide bonds. The average Bonchev–Trinajstić information content (AvgIpc) is 2.50. The normalized spacial score (nSPS) is 25.6. The lowest BCUT2D eigenvalue weighted by Crippen LogP contribution is -2.43. The summed E-state index contributed by atoms with van der Waals surface area (Å²) in [4.78, 5) is 12.6. The summed E-state index contributed by atoms with van der Waals surface area (Å²) in [6.45, 7) is 5.14. The van der Waals surface area contributed by atoms with Crippen molar-refractivity contribution in [3.8, 4) is 0 Å². The molecule has 0 radical (unpaired) electrons. The lowest BCUT2D eigenvalue weighted by molar-refractivity contribution is -0.133. The molecule has 0 heterocycles. The SMILES string of the molecule is CCC1(C(=O)NCCc2ccc(Cl)cc2)CCC(C)CC1. The second kappa shape index (κ2) is 7.31. The summed E-state index contributed by atoms with van der Waals surface area (Å²) < 4.78 is 0. The van der Waals surface area contributed by atoms with Gasteiger partial charge in [0.05, 0.1) is 0 Å². The van der Waals surface area contributed by atoms with Crippen molar-refractivity contribution in [1.29, 1.82) is 0 Å². The van der Waals surface area contributed by atoms with Crippen molar-refractivity contribution in [3.63, 3.8) is 0 Å². The minimum atomic E-state index is -0.119. The van der Waals surface area contributed by atoms with E-state index >= 15 is 0 Å². The molecular formula is C18H26ClNO. The van der Waals surface area contributed by atoms with E-state index in [0.717, 1.165) is 36.6 Å². The van der Waals surface area contributed by atoms with Gasteiger partial charge in [-0.3, -0.25) is 4.79 Å². The molecule has 1 aromatic rings. The first-order valence-corrected chi connectivity index (χ1v) is 8.46. The molecular weight excluding hydrogens is 282 g/mol. The number of carbonyl (C=O) groups excluding carboxylic acids is 1. The molecule has 0 unspecified atom stereocenters. The second-order valence-corrected chi connectivity index (χ2v) is 6.89. The molecule has 1 aromatic carbocycles. The van der Waals surface area contributed by atoms with Crippen LogP contribution in [0.5, 0.6) is 0 Å². The van der Waals surface area contributed by atoms with E-state index in [1.54, 1.807) is 0 Å². The maximum atomic E-state index is 12.6. The van der Waals surface area contributed by atoms with Gasteiger partial charge in [0, 0.05) is 17.0 Å². The molecule has 1 saturated carbocycles. The third-order valence-electron chi connectivity index (χ3n) is 5.00. The van der Waals surface area contributed by atoms with E-state index in [-0.39, 0.29) is 11.3 Å². The first-order valence-electron chi connectivity index (χ1n) is 8.08. The molecule has 0 aliphatic heterocycles. The quantitative estimate of drug-likeness (QED) is 0.846. The summed E-state index contributed by atoms with van der Waals surface area (Å²) in [6.07, 6.45) is 6.25. The van der Waals surface area contributed by atoms with E-state index in [9.17, 15) is 4.79 Å². The van der Waals surface area contributed by atoms with Crippen LogP contribution in [-0.4, -0.2) is 12.5 Å². The molecule has 21 heavy (non-hydrogen) atoms. The number of carbonyl (C=O) groups is 1. The van der Waals surface area contributed by atoms with Gasteiger partial charge in [-0.2, -0.15) is 0 Å².